The number of hydrogen-bond acceptors (Lipinski definition) is 15. The lowest BCUT2D eigenvalue weighted by Crippen LogP contribution is -2.38. The van der Waals surface area contributed by atoms with Crippen molar-refractivity contribution in [1.82, 2.24) is 0 Å². The number of hydrogen-bond donors (Lipinski definition) is 2. The number of aliphatic hydroxyl groups excluding tert-OH is 1. The van der Waals surface area contributed by atoms with Crippen LogP contribution in [0.1, 0.15) is 108 Å². The summed E-state index contributed by atoms with van der Waals surface area (Å²) in [5.41, 5.74) is 1.12. The number of methoxy groups -OCH3 is 3. The minimum Gasteiger partial charge on any atom is -0.506 e. The maximum absolute atomic E-state index is 11.5. The normalized spacial score (nSPS) is 17.7. The number of ether oxygens (including phenoxy) is 9. The Balaban J connectivity index is 0.000000172. The minimum atomic E-state index is -0.475. The zero-order chi connectivity index (χ0) is 59.2. The molecule has 2 heterocycles. The highest BCUT2D eigenvalue weighted by atomic mass is 35.5. The number of esters is 3. The van der Waals surface area contributed by atoms with E-state index < -0.39 is 31.6 Å². The molecule has 2 N–H and O–H groups in total. The number of carbonyl (C=O) groups is 4. The summed E-state index contributed by atoms with van der Waals surface area (Å²) in [5, 5.41) is 23.4. The molecule has 20 heteroatoms. The molecule has 0 radical (unpaired) electrons. The van der Waals surface area contributed by atoms with Crippen molar-refractivity contribution in [2.45, 2.75) is 107 Å². The quantitative estimate of drug-likeness (QED) is 0.0747. The van der Waals surface area contributed by atoms with Crippen molar-refractivity contribution in [2.24, 2.45) is 0 Å². The van der Waals surface area contributed by atoms with Crippen molar-refractivity contribution >= 4 is 94.7 Å². The highest BCUT2D eigenvalue weighted by molar-refractivity contribution is 7.79. The Bertz CT molecular complexity index is 2910. The van der Waals surface area contributed by atoms with Crippen LogP contribution in [0.25, 0.3) is 0 Å². The van der Waals surface area contributed by atoms with Crippen molar-refractivity contribution < 1.29 is 72.0 Å². The summed E-state index contributed by atoms with van der Waals surface area (Å²) in [6.07, 6.45) is 9.23. The molecule has 3 aliphatic carbocycles. The van der Waals surface area contributed by atoms with Crippen LogP contribution in [-0.4, -0.2) is 112 Å². The standard InChI is InChI=1S/C18H15P.C16H19ClO5.C14H15ClO4.C8H7ClO3.C8H14O3.ClH/c1-4-10-16(11-5-1)19(17-12-6-2-7-13-17)18-14-8-3-9-15-18;1-19-15(18)11-2-3-14(13(17)10-11)22-12-4-6-16(7-5-12)20-8-9-21-16;1-18-14(17)9-2-7-13(12(15)8-9)19-11-5-3-10(16)4-6-11;1-12-8(11)5-2-3-7(10)6(9)4-5;9-7-1-3-8(4-2-7)10-5-6-11-8;/h1-15H;2-3,10,12H,4-9H2,1H3;2,7-8,11H,3-6H2,1H3;2-4,10H,1H3;7,9H,1-6H2;1H. The van der Waals surface area contributed by atoms with Gasteiger partial charge in [-0.3, -0.25) is 4.79 Å². The van der Waals surface area contributed by atoms with Crippen LogP contribution in [0.2, 0.25) is 15.1 Å². The highest BCUT2D eigenvalue weighted by Gasteiger charge is 2.41. The van der Waals surface area contributed by atoms with E-state index in [1.54, 1.807) is 30.3 Å². The van der Waals surface area contributed by atoms with Gasteiger partial charge in [-0.15, -0.1) is 12.4 Å². The summed E-state index contributed by atoms with van der Waals surface area (Å²) in [6.45, 7) is 2.78. The molecule has 6 aromatic carbocycles. The van der Waals surface area contributed by atoms with Gasteiger partial charge in [-0.05, 0) is 117 Å². The van der Waals surface area contributed by atoms with Gasteiger partial charge in [0.25, 0.3) is 0 Å². The molecular weight excluding hydrogens is 1180 g/mol. The monoisotopic (exact) mass is 1250 g/mol. The number of carbonyl (C=O) groups excluding carboxylic acids is 4. The molecule has 2 saturated heterocycles. The average molecular weight is 1250 g/mol. The number of Topliss-reactive ketones (excluding diaryl/α,β-unsaturated/α-hetero) is 1. The first-order valence-corrected chi connectivity index (χ1v) is 30.0. The zero-order valence-corrected chi connectivity index (χ0v) is 51.1. The van der Waals surface area contributed by atoms with Gasteiger partial charge in [0, 0.05) is 38.5 Å². The fourth-order valence-corrected chi connectivity index (χ4v) is 12.7. The van der Waals surface area contributed by atoms with Crippen LogP contribution >= 0.6 is 55.1 Å². The van der Waals surface area contributed by atoms with Gasteiger partial charge >= 0.3 is 17.9 Å². The van der Waals surface area contributed by atoms with E-state index in [0.29, 0.717) is 77.1 Å². The van der Waals surface area contributed by atoms with Gasteiger partial charge in [0.2, 0.25) is 0 Å². The topological polar surface area (TPSA) is 192 Å². The van der Waals surface area contributed by atoms with E-state index >= 15 is 0 Å². The van der Waals surface area contributed by atoms with Gasteiger partial charge in [0.15, 0.2) is 11.6 Å². The molecule has 0 aromatic heterocycles. The lowest BCUT2D eigenvalue weighted by molar-refractivity contribution is -0.187. The zero-order valence-electron chi connectivity index (χ0n) is 47.1. The van der Waals surface area contributed by atoms with Gasteiger partial charge in [0.1, 0.15) is 23.0 Å². The van der Waals surface area contributed by atoms with Crippen LogP contribution in [0.4, 0.5) is 0 Å². The third-order valence-corrected chi connectivity index (χ3v) is 17.6. The van der Waals surface area contributed by atoms with Crippen molar-refractivity contribution in [3.63, 3.8) is 0 Å². The van der Waals surface area contributed by atoms with E-state index in [1.165, 1.54) is 61.5 Å². The van der Waals surface area contributed by atoms with Crippen molar-refractivity contribution in [3.8, 4) is 17.2 Å². The summed E-state index contributed by atoms with van der Waals surface area (Å²) >= 11 is 17.8. The van der Waals surface area contributed by atoms with Crippen LogP contribution in [0.5, 0.6) is 17.2 Å². The molecular formula is C64H71Cl4O15P. The van der Waals surface area contributed by atoms with Gasteiger partial charge in [-0.1, -0.05) is 126 Å². The molecule has 5 fully saturated rings. The van der Waals surface area contributed by atoms with E-state index in [-0.39, 0.29) is 53.1 Å². The Morgan fingerprint density at radius 1 is 0.488 bits per heavy atom. The Morgan fingerprint density at radius 3 is 1.17 bits per heavy atom. The van der Waals surface area contributed by atoms with E-state index in [4.69, 9.17) is 68.3 Å². The Kier molecular flexibility index (Phi) is 27.1. The van der Waals surface area contributed by atoms with Gasteiger partial charge < -0.3 is 52.8 Å². The van der Waals surface area contributed by atoms with Gasteiger partial charge in [-0.2, -0.15) is 0 Å². The molecule has 5 aliphatic rings. The van der Waals surface area contributed by atoms with Gasteiger partial charge in [0.05, 0.1) is 97.8 Å². The molecule has 450 valence electrons. The fraction of sp³-hybridized carbons (Fsp3) is 0.375. The molecule has 11 rings (SSSR count). The molecule has 0 atom stereocenters. The fourth-order valence-electron chi connectivity index (χ4n) is 9.77. The minimum absolute atomic E-state index is 0. The molecule has 0 bridgehead atoms. The Morgan fingerprint density at radius 2 is 0.821 bits per heavy atom. The molecule has 0 amide bonds. The second kappa shape index (κ2) is 33.8. The maximum atomic E-state index is 11.5. The third-order valence-electron chi connectivity index (χ3n) is 14.2. The lowest BCUT2D eigenvalue weighted by Gasteiger charge is -2.35. The number of aliphatic hydroxyl groups is 1. The molecule has 0 unspecified atom stereocenters. The maximum Gasteiger partial charge on any atom is 0.337 e. The first-order valence-electron chi connectivity index (χ1n) is 27.5. The second-order valence-electron chi connectivity index (χ2n) is 19.9. The molecule has 3 saturated carbocycles. The number of ketones is 1. The van der Waals surface area contributed by atoms with E-state index in [9.17, 15) is 24.3 Å². The highest BCUT2D eigenvalue weighted by Crippen LogP contribution is 2.39. The number of rotatable bonds is 10. The second-order valence-corrected chi connectivity index (χ2v) is 23.3. The SMILES string of the molecule is COC(=O)c1ccc(O)c(Cl)c1.COC(=O)c1ccc(OC2CCC(=O)CC2)c(Cl)c1.COC(=O)c1ccc(OC2CCC3(CC2)OCCO3)c(Cl)c1.Cl.OC1CCC2(CC1)OCCO2.c1ccc(P(c2ccccc2)c2ccccc2)cc1. The number of phenolic OH excluding ortho intramolecular Hbond substituents is 1. The summed E-state index contributed by atoms with van der Waals surface area (Å²) in [7, 11) is 3.49. The number of aromatic hydroxyl groups is 1. The van der Waals surface area contributed by atoms with E-state index in [0.717, 1.165) is 64.6 Å². The van der Waals surface area contributed by atoms with Crippen LogP contribution in [-0.2, 0) is 38.0 Å². The molecule has 2 aliphatic heterocycles. The van der Waals surface area contributed by atoms with Crippen molar-refractivity contribution in [2.75, 3.05) is 47.8 Å². The predicted octanol–water partition coefficient (Wildman–Crippen LogP) is 12.6. The number of phenols is 1. The summed E-state index contributed by atoms with van der Waals surface area (Å²) < 4.78 is 47.9. The molecule has 15 nitrogen and oxygen atoms in total. The number of benzene rings is 6. The molecule has 2 spiro atoms. The van der Waals surface area contributed by atoms with Crippen LogP contribution in [0.3, 0.4) is 0 Å². The first kappa shape index (κ1) is 67.3. The smallest absolute Gasteiger partial charge is 0.337 e. The molecule has 6 aromatic rings. The third kappa shape index (κ3) is 19.9. The average Bonchev–Trinajstić information content (AvgIpc) is 4.31. The first-order chi connectivity index (χ1) is 40.1. The lowest BCUT2D eigenvalue weighted by atomic mass is 9.92. The Labute approximate surface area is 513 Å². The van der Waals surface area contributed by atoms with Crippen LogP contribution < -0.4 is 25.4 Å². The van der Waals surface area contributed by atoms with Crippen LogP contribution in [0, 0.1) is 0 Å². The van der Waals surface area contributed by atoms with E-state index in [1.807, 2.05) is 0 Å². The summed E-state index contributed by atoms with van der Waals surface area (Å²) in [5.74, 6) is -0.664. The Hall–Kier alpha value is -5.81. The van der Waals surface area contributed by atoms with E-state index in [2.05, 4.69) is 105 Å². The largest absolute Gasteiger partial charge is 0.506 e. The van der Waals surface area contributed by atoms with Gasteiger partial charge in [-0.25, -0.2) is 14.4 Å². The number of halogens is 4. The van der Waals surface area contributed by atoms with Crippen LogP contribution in [0.15, 0.2) is 146 Å². The molecule has 84 heavy (non-hydrogen) atoms. The van der Waals surface area contributed by atoms with Crippen molar-refractivity contribution in [1.29, 1.82) is 0 Å². The summed E-state index contributed by atoms with van der Waals surface area (Å²) in [6, 6.07) is 46.2. The van der Waals surface area contributed by atoms with Crippen molar-refractivity contribution in [3.05, 3.63) is 177 Å². The predicted molar refractivity (Wildman–Crippen MR) is 327 cm³/mol. The summed E-state index contributed by atoms with van der Waals surface area (Å²) in [4.78, 5) is 44.9.